The third-order valence-corrected chi connectivity index (χ3v) is 52.2. The highest BCUT2D eigenvalue weighted by Crippen LogP contribution is 2.88. The summed E-state index contributed by atoms with van der Waals surface area (Å²) in [6.07, 6.45) is 40.2. The second-order valence-electron chi connectivity index (χ2n) is 55.7. The van der Waals surface area contributed by atoms with Crippen LogP contribution < -0.4 is 0 Å². The predicted octanol–water partition coefficient (Wildman–Crippen LogP) is 14.5. The number of carbonyl (C=O) groups excluding carboxylic acids is 4. The molecule has 30 aliphatic rings. The number of Topliss-reactive ketones (excluding diaryl/α,β-unsaturated/α-hetero) is 2. The Kier molecular flexibility index (Phi) is 18.1. The van der Waals surface area contributed by atoms with Crippen LogP contribution >= 0.6 is 0 Å². The molecular formula is C113H160O17. The van der Waals surface area contributed by atoms with Crippen molar-refractivity contribution >= 4 is 23.3 Å². The third-order valence-electron chi connectivity index (χ3n) is 52.2. The number of rotatable bonds is 3. The van der Waals surface area contributed by atoms with Crippen LogP contribution in [0.3, 0.4) is 0 Å². The number of hydrogen-bond acceptors (Lipinski definition) is 17. The van der Waals surface area contributed by atoms with Gasteiger partial charge in [-0.2, -0.15) is 0 Å². The van der Waals surface area contributed by atoms with Crippen molar-refractivity contribution in [2.75, 3.05) is 13.2 Å². The molecule has 17 nitrogen and oxygen atoms in total. The van der Waals surface area contributed by atoms with Gasteiger partial charge in [0, 0.05) is 95.9 Å². The fourth-order valence-corrected chi connectivity index (χ4v) is 45.5. The van der Waals surface area contributed by atoms with Crippen molar-refractivity contribution in [2.45, 2.75) is 370 Å². The Morgan fingerprint density at radius 1 is 0.377 bits per heavy atom. The van der Waals surface area contributed by atoms with Gasteiger partial charge >= 0.3 is 5.97 Å². The molecule has 714 valence electrons. The van der Waals surface area contributed by atoms with E-state index in [0.29, 0.717) is 216 Å². The minimum Gasteiger partial charge on any atom is -0.458 e. The molecule has 130 heavy (non-hydrogen) atoms. The van der Waals surface area contributed by atoms with Gasteiger partial charge in [-0.15, -0.1) is 0 Å². The molecule has 0 bridgehead atoms. The second kappa shape index (κ2) is 27.0. The molecule has 0 aromatic heterocycles. The number of aliphatic hydroxyl groups excluding tert-OH is 6. The van der Waals surface area contributed by atoms with Crippen LogP contribution in [-0.4, -0.2) is 161 Å². The molecule has 27 saturated carbocycles. The number of esters is 1. The van der Waals surface area contributed by atoms with E-state index in [9.17, 15) is 80.5 Å². The summed E-state index contributed by atoms with van der Waals surface area (Å²) >= 11 is 0. The lowest BCUT2D eigenvalue weighted by molar-refractivity contribution is -0.237. The van der Waals surface area contributed by atoms with Gasteiger partial charge in [0.1, 0.15) is 29.4 Å². The van der Waals surface area contributed by atoms with E-state index in [-0.39, 0.29) is 109 Å². The van der Waals surface area contributed by atoms with Crippen LogP contribution in [0, 0.1) is 261 Å². The lowest BCUT2D eigenvalue weighted by Gasteiger charge is -2.64. The van der Waals surface area contributed by atoms with Gasteiger partial charge in [0.2, 0.25) is 0 Å². The third kappa shape index (κ3) is 10.5. The molecule has 28 fully saturated rings. The first-order chi connectivity index (χ1) is 61.4. The minimum absolute atomic E-state index is 0.0238. The van der Waals surface area contributed by atoms with Gasteiger partial charge in [-0.05, 0) is 404 Å². The van der Waals surface area contributed by atoms with Crippen LogP contribution in [0.25, 0.3) is 0 Å². The molecule has 15 unspecified atom stereocenters. The molecule has 0 radical (unpaired) electrons. The standard InChI is InChI=1S/C24H38O4.C24H34O4.C24H30O3.C21H30O3.C20H28O3/c2*1-21-7-4-13(26)12-24(21,28)17-10-14(17)19-16(21)5-8-22(2)20(19)15-11-18(15)23(22,27)6-3-9-25;1-22-6-3-12(25)9-17(22)13-10-14(13)20-16(22)4-7-23(2)21(20)15-11-18(15)24(23)8-5-19(26)27-24;1-19-5-4-14-16(17(19)11-7-12(11)18(19)23)13-8-15(13)21(24)9-10(22)3-6-20(14,21)2;1-18-6-5-15-12(16(18)13-9-14(13)17(18)22)4-8-20(23)10-11(21)3-7-19(15,20)2/h13-20,25-28H,3-12H2,1-2H3;13-20,25-28H,4-5,7-12H2,1-2H3;9,13-16,18,20-21H,3-8,10-11H2,1-2H3;10-17,22,24H,3-9H2,1-2H3;4,8,11-16,21,23H,3,5-7,9-10H2,1-2H3/t2*13-,14-,15+,16?,17+,18-,19?,20?,21+,22-,23-,24+;13-,14+,15-,16?,18+,20?,21?,22-,23+,24+;10-,11+,12-,13-,14?,15+,16?,17?,19-,20+,21+;11-,12?,13+,14-,15?,16?,18-,19+,20-/m00100/s1. The van der Waals surface area contributed by atoms with Gasteiger partial charge in [0.05, 0.1) is 52.4 Å². The Bertz CT molecular complexity index is 4950. The summed E-state index contributed by atoms with van der Waals surface area (Å²) in [7, 11) is 0. The van der Waals surface area contributed by atoms with Crippen LogP contribution in [0.4, 0.5) is 0 Å². The van der Waals surface area contributed by atoms with E-state index in [1.807, 2.05) is 6.08 Å². The van der Waals surface area contributed by atoms with E-state index >= 15 is 0 Å². The Labute approximate surface area is 772 Å². The molecule has 0 aromatic carbocycles. The highest BCUT2D eigenvalue weighted by Gasteiger charge is 2.87. The molecule has 30 rings (SSSR count). The van der Waals surface area contributed by atoms with Gasteiger partial charge in [-0.25, -0.2) is 0 Å². The van der Waals surface area contributed by atoms with Crippen LogP contribution in [0.2, 0.25) is 0 Å². The molecule has 17 heteroatoms. The van der Waals surface area contributed by atoms with Crippen molar-refractivity contribution in [3.63, 3.8) is 0 Å². The summed E-state index contributed by atoms with van der Waals surface area (Å²) in [4.78, 5) is 49.9. The average molecular weight is 1790 g/mol. The molecule has 54 atom stereocenters. The first kappa shape index (κ1) is 87.3. The molecule has 12 N–H and O–H groups in total. The van der Waals surface area contributed by atoms with Gasteiger partial charge in [-0.1, -0.05) is 98.8 Å². The number of ketones is 3. The van der Waals surface area contributed by atoms with E-state index in [1.54, 1.807) is 0 Å². The van der Waals surface area contributed by atoms with E-state index in [2.05, 4.69) is 93.2 Å². The van der Waals surface area contributed by atoms with Crippen molar-refractivity contribution in [1.82, 2.24) is 0 Å². The largest absolute Gasteiger partial charge is 0.458 e. The van der Waals surface area contributed by atoms with Crippen molar-refractivity contribution in [3.05, 3.63) is 23.8 Å². The highest BCUT2D eigenvalue weighted by atomic mass is 16.6. The van der Waals surface area contributed by atoms with Crippen LogP contribution in [0.5, 0.6) is 0 Å². The van der Waals surface area contributed by atoms with Gasteiger partial charge in [0.25, 0.3) is 0 Å². The summed E-state index contributed by atoms with van der Waals surface area (Å²) in [5.74, 6) is 25.9. The number of hydrogen-bond donors (Lipinski definition) is 12. The topological polar surface area (TPSA) is 320 Å². The predicted molar refractivity (Wildman–Crippen MR) is 484 cm³/mol. The Balaban J connectivity index is 0.0000000857. The summed E-state index contributed by atoms with van der Waals surface area (Å²) in [6, 6.07) is 0. The smallest absolute Gasteiger partial charge is 0.306 e. The SMILES string of the molecule is C[C@]12CCC(=O)C=C1[C@@H]1C[C@@H]1C1C2CC[C@@]2(C)C1[C@@H]1C[C@@H]1[C@@]21CCC(=O)O1.C[C@]12CCC3C(C1[C@@H]1C[C@@H]1C2=O)[C@H]1C[C@H]1[C@]1(O)C[C@@H](O)CC[C@]31C.C[C@]12CCC3C(C1[C@@H]1C[C@@H]1[C@@]2(O)C#CCO)[C@H]1C[C@H]1[C@]1(O)C[C@@H](O)CC[C@]31C.C[C@]12CCC3C(C1[C@@H]1C[C@@H]1[C@@]2(O)CCCO)[C@H]1C[C@H]1[C@]1(O)C[C@@H](O)CC[C@]31C.C[C@]12CCC3C(C=C[C@]4(O)C[C@@H](O)CC[C@]34C)C1[C@@H]1C[C@@H]1C2=O. The monoisotopic (exact) mass is 1790 g/mol. The first-order valence-corrected chi connectivity index (χ1v) is 54.5. The van der Waals surface area contributed by atoms with E-state index in [1.165, 1.54) is 37.7 Å². The van der Waals surface area contributed by atoms with Gasteiger partial charge in [-0.3, -0.25) is 19.2 Å². The average Bonchev–Trinajstić information content (AvgIpc) is 1.47. The highest BCUT2D eigenvalue weighted by molar-refractivity contribution is 5.94. The molecule has 1 saturated heterocycles. The van der Waals surface area contributed by atoms with Gasteiger partial charge < -0.3 is 66.0 Å². The first-order valence-electron chi connectivity index (χ1n) is 54.5. The fraction of sp³-hybridized carbons (Fsp3) is 0.912. The number of aliphatic hydroxyl groups is 12. The second-order valence-corrected chi connectivity index (χ2v) is 55.7. The number of fused-ring (bicyclic) bond motifs is 49. The lowest BCUT2D eigenvalue weighted by atomic mass is 9.42. The molecule has 1 spiro atoms. The maximum atomic E-state index is 12.9. The Morgan fingerprint density at radius 3 is 1.38 bits per heavy atom. The van der Waals surface area contributed by atoms with Crippen molar-refractivity contribution < 1.29 is 85.2 Å². The zero-order chi connectivity index (χ0) is 90.6. The molecule has 1 aliphatic heterocycles. The Morgan fingerprint density at radius 2 is 0.815 bits per heavy atom. The van der Waals surface area contributed by atoms with Crippen LogP contribution in [-0.2, 0) is 23.9 Å². The maximum Gasteiger partial charge on any atom is 0.306 e. The Hall–Kier alpha value is -2.96. The van der Waals surface area contributed by atoms with Crippen molar-refractivity contribution in [2.24, 2.45) is 249 Å². The molecule has 29 aliphatic carbocycles. The van der Waals surface area contributed by atoms with Crippen LogP contribution in [0.1, 0.15) is 307 Å². The van der Waals surface area contributed by atoms with E-state index in [4.69, 9.17) is 4.74 Å². The van der Waals surface area contributed by atoms with Gasteiger partial charge in [0.15, 0.2) is 5.78 Å². The van der Waals surface area contributed by atoms with Crippen molar-refractivity contribution in [1.29, 1.82) is 0 Å². The summed E-state index contributed by atoms with van der Waals surface area (Å²) in [5.41, 5.74) is -3.41. The fourth-order valence-electron chi connectivity index (χ4n) is 45.5. The van der Waals surface area contributed by atoms with Crippen molar-refractivity contribution in [3.8, 4) is 11.8 Å². The maximum absolute atomic E-state index is 12.9. The summed E-state index contributed by atoms with van der Waals surface area (Å²) in [5, 5.41) is 130. The zero-order valence-electron chi connectivity index (χ0n) is 80.1. The molecule has 0 aromatic rings. The zero-order valence-corrected chi connectivity index (χ0v) is 80.1. The van der Waals surface area contributed by atoms with E-state index < -0.39 is 33.6 Å². The van der Waals surface area contributed by atoms with E-state index in [0.717, 1.165) is 197 Å². The number of carbonyl (C=O) groups is 4. The lowest BCUT2D eigenvalue weighted by Crippen LogP contribution is -2.65. The summed E-state index contributed by atoms with van der Waals surface area (Å²) in [6.45, 7) is 23.3. The molecule has 0 amide bonds. The molecular weight excluding hydrogens is 1630 g/mol. The molecule has 1 heterocycles. The summed E-state index contributed by atoms with van der Waals surface area (Å²) < 4.78 is 6.22. The number of allylic oxidation sites excluding steroid dienone is 2. The quantitative estimate of drug-likeness (QED) is 0.0710. The normalized spacial score (nSPS) is 65.2. The minimum atomic E-state index is -0.960. The number of ether oxygens (including phenoxy) is 1. The van der Waals surface area contributed by atoms with Crippen LogP contribution in [0.15, 0.2) is 23.8 Å².